The normalized spacial score (nSPS) is 37.9. The van der Waals surface area contributed by atoms with Crippen LogP contribution in [0.4, 0.5) is 0 Å². The summed E-state index contributed by atoms with van der Waals surface area (Å²) in [5.74, 6) is 2.61. The molecule has 0 atom stereocenters. The van der Waals surface area contributed by atoms with Gasteiger partial charge in [0.15, 0.2) is 0 Å². The van der Waals surface area contributed by atoms with Gasteiger partial charge in [0.05, 0.1) is 0 Å². The summed E-state index contributed by atoms with van der Waals surface area (Å²) in [6.45, 7) is 0.733. The molecule has 4 fully saturated rings. The Balaban J connectivity index is 1.59. The average Bonchev–Trinajstić information content (AvgIpc) is 2.44. The van der Waals surface area contributed by atoms with Gasteiger partial charge in [-0.05, 0) is 61.8 Å². The van der Waals surface area contributed by atoms with E-state index in [1.807, 2.05) is 11.0 Å². The standard InChI is InChI=1S/C18H22NO/c20-13-19(12-14-4-2-1-3-5-14)18-9-15-6-16(10-18)8-17(7-15)11-18/h1-5,15-17H,6-12H2. The lowest BCUT2D eigenvalue weighted by molar-refractivity contribution is -0.0653. The van der Waals surface area contributed by atoms with Gasteiger partial charge in [0.2, 0.25) is 0 Å². The van der Waals surface area contributed by atoms with Crippen molar-refractivity contribution in [1.29, 1.82) is 0 Å². The zero-order valence-electron chi connectivity index (χ0n) is 11.9. The first-order valence-corrected chi connectivity index (χ1v) is 7.97. The predicted octanol–water partition coefficient (Wildman–Crippen LogP) is 3.52. The SMILES string of the molecule is O=[C]N(Cc1ccccc1)C12CC3CC(CC(C3)C1)C2. The summed E-state index contributed by atoms with van der Waals surface area (Å²) in [5, 5.41) is 0. The zero-order valence-corrected chi connectivity index (χ0v) is 11.9. The Morgan fingerprint density at radius 3 is 2.05 bits per heavy atom. The second kappa shape index (κ2) is 4.61. The molecule has 0 saturated heterocycles. The monoisotopic (exact) mass is 268 g/mol. The van der Waals surface area contributed by atoms with E-state index in [1.165, 1.54) is 44.1 Å². The fourth-order valence-electron chi connectivity index (χ4n) is 5.46. The van der Waals surface area contributed by atoms with E-state index in [9.17, 15) is 4.79 Å². The largest absolute Gasteiger partial charge is 0.324 e. The minimum absolute atomic E-state index is 0.131. The van der Waals surface area contributed by atoms with E-state index in [1.54, 1.807) is 0 Å². The molecule has 4 bridgehead atoms. The second-order valence-electron chi connectivity index (χ2n) is 7.30. The Morgan fingerprint density at radius 2 is 1.55 bits per heavy atom. The molecular weight excluding hydrogens is 246 g/mol. The number of amides is 1. The van der Waals surface area contributed by atoms with Crippen LogP contribution in [0.3, 0.4) is 0 Å². The number of rotatable bonds is 4. The molecule has 1 radical (unpaired) electrons. The van der Waals surface area contributed by atoms with E-state index >= 15 is 0 Å². The fraction of sp³-hybridized carbons (Fsp3) is 0.611. The minimum Gasteiger partial charge on any atom is -0.324 e. The van der Waals surface area contributed by atoms with Crippen LogP contribution in [0.2, 0.25) is 0 Å². The quantitative estimate of drug-likeness (QED) is 0.765. The van der Waals surface area contributed by atoms with Crippen LogP contribution in [0.1, 0.15) is 44.1 Å². The van der Waals surface area contributed by atoms with Crippen LogP contribution >= 0.6 is 0 Å². The highest BCUT2D eigenvalue weighted by atomic mass is 16.1. The molecule has 0 unspecified atom stereocenters. The summed E-state index contributed by atoms with van der Waals surface area (Å²) in [6.07, 6.45) is 10.2. The van der Waals surface area contributed by atoms with Crippen LogP contribution < -0.4 is 0 Å². The molecule has 4 aliphatic rings. The van der Waals surface area contributed by atoms with Crippen LogP contribution in [0.25, 0.3) is 0 Å². The highest BCUT2D eigenvalue weighted by Crippen LogP contribution is 2.57. The first-order chi connectivity index (χ1) is 9.77. The third-order valence-electron chi connectivity index (χ3n) is 5.87. The molecule has 0 aliphatic heterocycles. The van der Waals surface area contributed by atoms with Crippen molar-refractivity contribution in [3.63, 3.8) is 0 Å². The van der Waals surface area contributed by atoms with Gasteiger partial charge in [0.1, 0.15) is 0 Å². The minimum atomic E-state index is 0.131. The molecule has 1 amide bonds. The first kappa shape index (κ1) is 12.4. The summed E-state index contributed by atoms with van der Waals surface area (Å²) < 4.78 is 0. The van der Waals surface area contributed by atoms with Crippen LogP contribution in [0.15, 0.2) is 30.3 Å². The summed E-state index contributed by atoms with van der Waals surface area (Å²) in [6, 6.07) is 10.4. The van der Waals surface area contributed by atoms with Crippen molar-refractivity contribution in [2.45, 2.75) is 50.6 Å². The van der Waals surface area contributed by atoms with Gasteiger partial charge >= 0.3 is 6.41 Å². The lowest BCUT2D eigenvalue weighted by Crippen LogP contribution is -2.59. The third kappa shape index (κ3) is 1.97. The number of nitrogens with zero attached hydrogens (tertiary/aromatic N) is 1. The van der Waals surface area contributed by atoms with Crippen LogP contribution in [-0.4, -0.2) is 16.8 Å². The molecular formula is C18H22NO. The molecule has 4 aliphatic carbocycles. The van der Waals surface area contributed by atoms with Gasteiger partial charge in [-0.1, -0.05) is 30.3 Å². The van der Waals surface area contributed by atoms with E-state index < -0.39 is 0 Å². The van der Waals surface area contributed by atoms with Gasteiger partial charge in [0.25, 0.3) is 0 Å². The molecule has 1 aromatic carbocycles. The van der Waals surface area contributed by atoms with E-state index in [0.717, 1.165) is 24.3 Å². The summed E-state index contributed by atoms with van der Waals surface area (Å²) >= 11 is 0. The lowest BCUT2D eigenvalue weighted by Gasteiger charge is -2.59. The molecule has 0 spiro atoms. The molecule has 20 heavy (non-hydrogen) atoms. The molecule has 2 heteroatoms. The molecule has 4 saturated carbocycles. The summed E-state index contributed by atoms with van der Waals surface area (Å²) in [5.41, 5.74) is 1.36. The van der Waals surface area contributed by atoms with Crippen molar-refractivity contribution in [3.8, 4) is 0 Å². The zero-order chi connectivity index (χ0) is 13.6. The average molecular weight is 268 g/mol. The highest BCUT2D eigenvalue weighted by molar-refractivity contribution is 5.51. The predicted molar refractivity (Wildman–Crippen MR) is 78.6 cm³/mol. The maximum absolute atomic E-state index is 11.6. The van der Waals surface area contributed by atoms with Crippen LogP contribution in [0, 0.1) is 17.8 Å². The summed E-state index contributed by atoms with van der Waals surface area (Å²) in [4.78, 5) is 13.6. The Labute approximate surface area is 121 Å². The number of benzene rings is 1. The number of hydrogen-bond acceptors (Lipinski definition) is 1. The van der Waals surface area contributed by atoms with Crippen molar-refractivity contribution in [2.24, 2.45) is 17.8 Å². The third-order valence-corrected chi connectivity index (χ3v) is 5.87. The van der Waals surface area contributed by atoms with Gasteiger partial charge in [-0.2, -0.15) is 0 Å². The Hall–Kier alpha value is -1.31. The summed E-state index contributed by atoms with van der Waals surface area (Å²) in [7, 11) is 0. The van der Waals surface area contributed by atoms with Crippen LogP contribution in [0.5, 0.6) is 0 Å². The Morgan fingerprint density at radius 1 is 1.00 bits per heavy atom. The Bertz CT molecular complexity index is 460. The van der Waals surface area contributed by atoms with Crippen LogP contribution in [-0.2, 0) is 11.3 Å². The highest BCUT2D eigenvalue weighted by Gasteiger charge is 2.53. The van der Waals surface area contributed by atoms with Gasteiger partial charge in [-0.15, -0.1) is 0 Å². The van der Waals surface area contributed by atoms with Gasteiger partial charge in [-0.3, -0.25) is 4.79 Å². The van der Waals surface area contributed by atoms with E-state index in [2.05, 4.69) is 30.7 Å². The molecule has 5 rings (SSSR count). The lowest BCUT2D eigenvalue weighted by atomic mass is 9.52. The topological polar surface area (TPSA) is 20.3 Å². The smallest absolute Gasteiger partial charge is 0.312 e. The molecule has 105 valence electrons. The van der Waals surface area contributed by atoms with Crippen molar-refractivity contribution in [2.75, 3.05) is 0 Å². The van der Waals surface area contributed by atoms with E-state index in [4.69, 9.17) is 0 Å². The molecule has 0 aromatic heterocycles. The first-order valence-electron chi connectivity index (χ1n) is 7.97. The second-order valence-corrected chi connectivity index (χ2v) is 7.30. The van der Waals surface area contributed by atoms with Crippen molar-refractivity contribution in [1.82, 2.24) is 4.90 Å². The molecule has 0 N–H and O–H groups in total. The number of hydrogen-bond donors (Lipinski definition) is 0. The van der Waals surface area contributed by atoms with Gasteiger partial charge in [-0.25, -0.2) is 0 Å². The number of carbonyl (C=O) groups excluding carboxylic acids is 1. The van der Waals surface area contributed by atoms with Gasteiger partial charge < -0.3 is 4.90 Å². The van der Waals surface area contributed by atoms with Gasteiger partial charge in [0, 0.05) is 12.1 Å². The van der Waals surface area contributed by atoms with Crippen molar-refractivity contribution < 1.29 is 4.79 Å². The van der Waals surface area contributed by atoms with Crippen molar-refractivity contribution >= 4 is 6.41 Å². The maximum atomic E-state index is 11.6. The maximum Gasteiger partial charge on any atom is 0.312 e. The van der Waals surface area contributed by atoms with E-state index in [-0.39, 0.29) is 5.54 Å². The van der Waals surface area contributed by atoms with E-state index in [0.29, 0.717) is 0 Å². The van der Waals surface area contributed by atoms with Crippen molar-refractivity contribution in [3.05, 3.63) is 35.9 Å². The molecule has 1 aromatic rings. The molecule has 0 heterocycles. The fourth-order valence-corrected chi connectivity index (χ4v) is 5.46. The Kier molecular flexibility index (Phi) is 2.87. The molecule has 2 nitrogen and oxygen atoms in total.